The largest absolute Gasteiger partial charge is 0.356 e. The molecule has 6 heteroatoms. The van der Waals surface area contributed by atoms with Crippen LogP contribution in [0.4, 0.5) is 11.8 Å². The number of piperidine rings is 1. The van der Waals surface area contributed by atoms with E-state index in [2.05, 4.69) is 60.7 Å². The van der Waals surface area contributed by atoms with Crippen molar-refractivity contribution < 1.29 is 0 Å². The number of aromatic nitrogens is 3. The molecule has 122 valence electrons. The van der Waals surface area contributed by atoms with Crippen molar-refractivity contribution in [2.75, 3.05) is 29.9 Å². The second-order valence-electron chi connectivity index (χ2n) is 6.18. The van der Waals surface area contributed by atoms with Crippen molar-refractivity contribution in [1.29, 1.82) is 0 Å². The zero-order chi connectivity index (χ0) is 16.4. The maximum absolute atomic E-state index is 4.58. The first-order valence-corrected chi connectivity index (χ1v) is 8.72. The van der Waals surface area contributed by atoms with Crippen LogP contribution >= 0.6 is 15.9 Å². The molecule has 1 fully saturated rings. The highest BCUT2D eigenvalue weighted by molar-refractivity contribution is 9.10. The highest BCUT2D eigenvalue weighted by Gasteiger charge is 2.25. The summed E-state index contributed by atoms with van der Waals surface area (Å²) in [6, 6.07) is 2.60. The quantitative estimate of drug-likeness (QED) is 0.822. The Morgan fingerprint density at radius 2 is 1.74 bits per heavy atom. The Hall–Kier alpha value is -1.69. The van der Waals surface area contributed by atoms with Crippen molar-refractivity contribution in [2.45, 2.75) is 32.7 Å². The minimum atomic E-state index is 0.477. The number of pyridine rings is 1. The summed E-state index contributed by atoms with van der Waals surface area (Å²) >= 11 is 3.48. The third-order valence-corrected chi connectivity index (χ3v) is 4.85. The van der Waals surface area contributed by atoms with Crippen molar-refractivity contribution >= 4 is 27.7 Å². The van der Waals surface area contributed by atoms with E-state index in [1.807, 2.05) is 25.5 Å². The number of halogens is 1. The van der Waals surface area contributed by atoms with Gasteiger partial charge >= 0.3 is 0 Å². The van der Waals surface area contributed by atoms with Gasteiger partial charge in [-0.1, -0.05) is 0 Å². The van der Waals surface area contributed by atoms with Gasteiger partial charge in [0.2, 0.25) is 5.95 Å². The van der Waals surface area contributed by atoms with Crippen molar-refractivity contribution in [3.05, 3.63) is 40.3 Å². The van der Waals surface area contributed by atoms with Crippen LogP contribution in [-0.4, -0.2) is 41.1 Å². The summed E-state index contributed by atoms with van der Waals surface area (Å²) in [6.07, 6.45) is 7.81. The fraction of sp³-hybridized carbons (Fsp3) is 0.471. The van der Waals surface area contributed by atoms with E-state index in [1.54, 1.807) is 0 Å². The Balaban J connectivity index is 1.65. The first-order chi connectivity index (χ1) is 11.0. The molecule has 5 nitrogen and oxygen atoms in total. The highest BCUT2D eigenvalue weighted by Crippen LogP contribution is 2.26. The van der Waals surface area contributed by atoms with Crippen LogP contribution in [-0.2, 0) is 0 Å². The van der Waals surface area contributed by atoms with Crippen LogP contribution in [0, 0.1) is 13.8 Å². The van der Waals surface area contributed by atoms with Crippen LogP contribution in [0.1, 0.15) is 24.0 Å². The number of hydrogen-bond acceptors (Lipinski definition) is 5. The molecule has 1 aliphatic heterocycles. The number of anilines is 2. The number of nitrogens with zero attached hydrogens (tertiary/aromatic N) is 5. The maximum Gasteiger partial charge on any atom is 0.225 e. The van der Waals surface area contributed by atoms with Gasteiger partial charge in [-0.3, -0.25) is 0 Å². The predicted molar refractivity (Wildman–Crippen MR) is 97.1 cm³/mol. The monoisotopic (exact) mass is 375 g/mol. The molecule has 0 radical (unpaired) electrons. The van der Waals surface area contributed by atoms with Crippen LogP contribution in [0.15, 0.2) is 29.1 Å². The van der Waals surface area contributed by atoms with Gasteiger partial charge in [0.05, 0.1) is 0 Å². The van der Waals surface area contributed by atoms with Crippen LogP contribution in [0.5, 0.6) is 0 Å². The van der Waals surface area contributed by atoms with E-state index < -0.39 is 0 Å². The summed E-state index contributed by atoms with van der Waals surface area (Å²) in [5.41, 5.74) is 2.31. The number of rotatable bonds is 3. The van der Waals surface area contributed by atoms with Gasteiger partial charge in [0.1, 0.15) is 5.82 Å². The van der Waals surface area contributed by atoms with E-state index in [0.29, 0.717) is 6.04 Å². The van der Waals surface area contributed by atoms with Crippen molar-refractivity contribution in [2.24, 2.45) is 0 Å². The molecule has 0 bridgehead atoms. The van der Waals surface area contributed by atoms with Crippen LogP contribution in [0.3, 0.4) is 0 Å². The molecule has 2 aromatic heterocycles. The number of hydrogen-bond donors (Lipinski definition) is 0. The standard InChI is InChI=1S/C17H22BrN5/c1-12-9-20-17(21-10-12)22(3)15-4-6-23(7-5-15)16-13(2)8-14(18)11-19-16/h8-11,15H,4-7H2,1-3H3. The third-order valence-electron chi connectivity index (χ3n) is 4.41. The Morgan fingerprint density at radius 3 is 2.35 bits per heavy atom. The summed E-state index contributed by atoms with van der Waals surface area (Å²) < 4.78 is 1.03. The van der Waals surface area contributed by atoms with Gasteiger partial charge in [-0.2, -0.15) is 0 Å². The fourth-order valence-electron chi connectivity index (χ4n) is 3.06. The molecule has 0 amide bonds. The Labute approximate surface area is 145 Å². The van der Waals surface area contributed by atoms with Gasteiger partial charge in [-0.25, -0.2) is 15.0 Å². The van der Waals surface area contributed by atoms with Crippen LogP contribution in [0.2, 0.25) is 0 Å². The lowest BCUT2D eigenvalue weighted by atomic mass is 10.0. The van der Waals surface area contributed by atoms with E-state index in [9.17, 15) is 0 Å². The highest BCUT2D eigenvalue weighted by atomic mass is 79.9. The van der Waals surface area contributed by atoms with E-state index >= 15 is 0 Å². The summed E-state index contributed by atoms with van der Waals surface area (Å²) in [6.45, 7) is 6.15. The smallest absolute Gasteiger partial charge is 0.225 e. The van der Waals surface area contributed by atoms with Gasteiger partial charge in [0.25, 0.3) is 0 Å². The normalized spacial score (nSPS) is 15.7. The molecule has 23 heavy (non-hydrogen) atoms. The van der Waals surface area contributed by atoms with Crippen molar-refractivity contribution in [3.63, 3.8) is 0 Å². The third kappa shape index (κ3) is 3.63. The zero-order valence-electron chi connectivity index (χ0n) is 13.8. The van der Waals surface area contributed by atoms with E-state index in [1.165, 1.54) is 5.56 Å². The van der Waals surface area contributed by atoms with Gasteiger partial charge in [0.15, 0.2) is 0 Å². The molecule has 0 saturated carbocycles. The SMILES string of the molecule is Cc1cnc(N(C)C2CCN(c3ncc(Br)cc3C)CC2)nc1. The van der Waals surface area contributed by atoms with Crippen LogP contribution < -0.4 is 9.80 Å². The molecule has 2 aromatic rings. The summed E-state index contributed by atoms with van der Waals surface area (Å²) in [5, 5.41) is 0. The minimum Gasteiger partial charge on any atom is -0.356 e. The minimum absolute atomic E-state index is 0.477. The maximum atomic E-state index is 4.58. The molecule has 1 saturated heterocycles. The Kier molecular flexibility index (Phi) is 4.80. The average Bonchev–Trinajstić information content (AvgIpc) is 2.55. The lowest BCUT2D eigenvalue weighted by Crippen LogP contribution is -2.44. The topological polar surface area (TPSA) is 45.2 Å². The van der Waals surface area contributed by atoms with Gasteiger partial charge in [0, 0.05) is 49.2 Å². The molecule has 0 N–H and O–H groups in total. The van der Waals surface area contributed by atoms with Gasteiger partial charge in [-0.15, -0.1) is 0 Å². The van der Waals surface area contributed by atoms with Crippen molar-refractivity contribution in [3.8, 4) is 0 Å². The second kappa shape index (κ2) is 6.83. The molecule has 0 unspecified atom stereocenters. The molecule has 0 spiro atoms. The first kappa shape index (κ1) is 16.2. The van der Waals surface area contributed by atoms with Gasteiger partial charge < -0.3 is 9.80 Å². The van der Waals surface area contributed by atoms with E-state index in [0.717, 1.165) is 47.7 Å². The van der Waals surface area contributed by atoms with E-state index in [-0.39, 0.29) is 0 Å². The molecule has 0 aliphatic carbocycles. The zero-order valence-corrected chi connectivity index (χ0v) is 15.4. The summed E-state index contributed by atoms with van der Waals surface area (Å²) in [5.74, 6) is 1.91. The molecule has 1 aliphatic rings. The van der Waals surface area contributed by atoms with Crippen LogP contribution in [0.25, 0.3) is 0 Å². The fourth-order valence-corrected chi connectivity index (χ4v) is 3.51. The second-order valence-corrected chi connectivity index (χ2v) is 7.10. The molecular formula is C17H22BrN5. The van der Waals surface area contributed by atoms with E-state index in [4.69, 9.17) is 0 Å². The summed E-state index contributed by atoms with van der Waals surface area (Å²) in [7, 11) is 2.09. The lowest BCUT2D eigenvalue weighted by molar-refractivity contribution is 0.475. The molecule has 3 heterocycles. The Morgan fingerprint density at radius 1 is 1.09 bits per heavy atom. The average molecular weight is 376 g/mol. The van der Waals surface area contributed by atoms with Gasteiger partial charge in [-0.05, 0) is 59.8 Å². The number of aryl methyl sites for hydroxylation is 2. The molecule has 0 atom stereocenters. The molecule has 3 rings (SSSR count). The molecular weight excluding hydrogens is 354 g/mol. The predicted octanol–water partition coefficient (Wildman–Crippen LogP) is 3.36. The summed E-state index contributed by atoms with van der Waals surface area (Å²) in [4.78, 5) is 18.0. The Bertz CT molecular complexity index is 665. The molecule has 0 aromatic carbocycles. The van der Waals surface area contributed by atoms with Crippen molar-refractivity contribution in [1.82, 2.24) is 15.0 Å². The first-order valence-electron chi connectivity index (χ1n) is 7.93. The lowest BCUT2D eigenvalue weighted by Gasteiger charge is -2.37.